The van der Waals surface area contributed by atoms with Gasteiger partial charge in [0.2, 0.25) is 11.8 Å². The summed E-state index contributed by atoms with van der Waals surface area (Å²) < 4.78 is 5.68. The summed E-state index contributed by atoms with van der Waals surface area (Å²) in [6.07, 6.45) is 1.07. The lowest BCUT2D eigenvalue weighted by molar-refractivity contribution is -0.121. The second-order valence-electron chi connectivity index (χ2n) is 6.03. The van der Waals surface area contributed by atoms with Gasteiger partial charge in [0.15, 0.2) is 0 Å². The van der Waals surface area contributed by atoms with Gasteiger partial charge in [-0.25, -0.2) is 4.98 Å². The van der Waals surface area contributed by atoms with E-state index in [4.69, 9.17) is 9.68 Å². The number of amides is 1. The molecular weight excluding hydrogens is 290 g/mol. The quantitative estimate of drug-likeness (QED) is 0.919. The van der Waals surface area contributed by atoms with E-state index in [9.17, 15) is 4.79 Å². The van der Waals surface area contributed by atoms with Crippen LogP contribution < -0.4 is 5.32 Å². The Bertz CT molecular complexity index is 737. The summed E-state index contributed by atoms with van der Waals surface area (Å²) >= 11 is 0. The fraction of sp³-hybridized carbons (Fsp3) is 0.389. The van der Waals surface area contributed by atoms with E-state index in [-0.39, 0.29) is 12.3 Å². The average Bonchev–Trinajstić information content (AvgIpc) is 2.87. The van der Waals surface area contributed by atoms with Crippen molar-refractivity contribution < 1.29 is 9.21 Å². The minimum atomic E-state index is -0.895. The molecule has 0 radical (unpaired) electrons. The zero-order valence-corrected chi connectivity index (χ0v) is 13.9. The van der Waals surface area contributed by atoms with E-state index < -0.39 is 5.54 Å². The number of rotatable bonds is 5. The molecule has 0 atom stereocenters. The van der Waals surface area contributed by atoms with Crippen LogP contribution in [0.2, 0.25) is 0 Å². The fourth-order valence-electron chi connectivity index (χ4n) is 2.17. The maximum absolute atomic E-state index is 12.0. The Morgan fingerprint density at radius 3 is 2.57 bits per heavy atom. The van der Waals surface area contributed by atoms with Gasteiger partial charge in [0.25, 0.3) is 0 Å². The predicted molar refractivity (Wildman–Crippen MR) is 87.6 cm³/mol. The van der Waals surface area contributed by atoms with Gasteiger partial charge in [0.1, 0.15) is 11.3 Å². The first kappa shape index (κ1) is 16.8. The number of aryl methyl sites for hydroxylation is 2. The molecule has 5 heteroatoms. The van der Waals surface area contributed by atoms with Gasteiger partial charge < -0.3 is 9.73 Å². The molecule has 0 saturated carbocycles. The molecule has 1 amide bonds. The third-order valence-corrected chi connectivity index (χ3v) is 3.56. The van der Waals surface area contributed by atoms with Gasteiger partial charge in [-0.2, -0.15) is 5.26 Å². The molecule has 1 aromatic heterocycles. The summed E-state index contributed by atoms with van der Waals surface area (Å²) in [5.41, 5.74) is 1.82. The van der Waals surface area contributed by atoms with E-state index in [1.54, 1.807) is 20.8 Å². The van der Waals surface area contributed by atoms with Crippen LogP contribution in [0.25, 0.3) is 11.5 Å². The van der Waals surface area contributed by atoms with Crippen LogP contribution >= 0.6 is 0 Å². The Morgan fingerprint density at radius 2 is 2.00 bits per heavy atom. The summed E-state index contributed by atoms with van der Waals surface area (Å²) in [5, 5.41) is 11.6. The van der Waals surface area contributed by atoms with Crippen molar-refractivity contribution in [1.82, 2.24) is 10.3 Å². The molecule has 2 aromatic rings. The maximum Gasteiger partial charge on any atom is 0.227 e. The lowest BCUT2D eigenvalue weighted by atomic mass is 10.1. The summed E-state index contributed by atoms with van der Waals surface area (Å²) in [7, 11) is 0. The lowest BCUT2D eigenvalue weighted by Gasteiger charge is -2.16. The van der Waals surface area contributed by atoms with Crippen LogP contribution in [-0.2, 0) is 17.6 Å². The van der Waals surface area contributed by atoms with Crippen molar-refractivity contribution in [2.45, 2.75) is 46.1 Å². The Kier molecular flexibility index (Phi) is 4.85. The van der Waals surface area contributed by atoms with Crippen molar-refractivity contribution in [2.24, 2.45) is 0 Å². The minimum Gasteiger partial charge on any atom is -0.441 e. The SMILES string of the molecule is CCc1ccc(-c2nc(CC(=O)NC(C)(C)C#N)c(C)o2)cc1. The number of aromatic nitrogens is 1. The highest BCUT2D eigenvalue weighted by Gasteiger charge is 2.21. The zero-order chi connectivity index (χ0) is 17.0. The summed E-state index contributed by atoms with van der Waals surface area (Å²) in [6, 6.07) is 10.0. The molecule has 0 aliphatic heterocycles. The van der Waals surface area contributed by atoms with Crippen molar-refractivity contribution in [1.29, 1.82) is 5.26 Å². The van der Waals surface area contributed by atoms with E-state index >= 15 is 0 Å². The third-order valence-electron chi connectivity index (χ3n) is 3.56. The van der Waals surface area contributed by atoms with E-state index in [1.165, 1.54) is 5.56 Å². The Labute approximate surface area is 136 Å². The largest absolute Gasteiger partial charge is 0.441 e. The molecule has 1 heterocycles. The summed E-state index contributed by atoms with van der Waals surface area (Å²) in [4.78, 5) is 16.4. The average molecular weight is 311 g/mol. The molecule has 1 aromatic carbocycles. The van der Waals surface area contributed by atoms with E-state index in [0.29, 0.717) is 17.3 Å². The van der Waals surface area contributed by atoms with E-state index in [1.807, 2.05) is 30.3 Å². The Balaban J connectivity index is 2.15. The van der Waals surface area contributed by atoms with Crippen LogP contribution in [0.15, 0.2) is 28.7 Å². The van der Waals surface area contributed by atoms with Gasteiger partial charge >= 0.3 is 0 Å². The summed E-state index contributed by atoms with van der Waals surface area (Å²) in [5.74, 6) is 0.873. The van der Waals surface area contributed by atoms with Crippen LogP contribution in [-0.4, -0.2) is 16.4 Å². The second-order valence-corrected chi connectivity index (χ2v) is 6.03. The van der Waals surface area contributed by atoms with Gasteiger partial charge in [0, 0.05) is 5.56 Å². The first-order chi connectivity index (χ1) is 10.8. The molecule has 0 bridgehead atoms. The van der Waals surface area contributed by atoms with Gasteiger partial charge in [-0.05, 0) is 44.9 Å². The monoisotopic (exact) mass is 311 g/mol. The predicted octanol–water partition coefficient (Wildman–Crippen LogP) is 3.17. The number of nitrogens with zero attached hydrogens (tertiary/aromatic N) is 2. The first-order valence-electron chi connectivity index (χ1n) is 7.62. The number of oxazole rings is 1. The molecule has 0 aliphatic carbocycles. The number of hydrogen-bond donors (Lipinski definition) is 1. The summed E-state index contributed by atoms with van der Waals surface area (Å²) in [6.45, 7) is 7.20. The number of carbonyl (C=O) groups is 1. The molecule has 2 rings (SSSR count). The van der Waals surface area contributed by atoms with Crippen molar-refractivity contribution in [3.8, 4) is 17.5 Å². The van der Waals surface area contributed by atoms with Gasteiger partial charge in [-0.1, -0.05) is 19.1 Å². The van der Waals surface area contributed by atoms with Crippen LogP contribution in [0.1, 0.15) is 37.8 Å². The van der Waals surface area contributed by atoms with Crippen molar-refractivity contribution in [3.05, 3.63) is 41.3 Å². The molecule has 0 saturated heterocycles. The molecular formula is C18H21N3O2. The normalized spacial score (nSPS) is 11.1. The van der Waals surface area contributed by atoms with E-state index in [2.05, 4.69) is 17.2 Å². The number of benzene rings is 1. The lowest BCUT2D eigenvalue weighted by Crippen LogP contribution is -2.42. The third kappa shape index (κ3) is 4.19. The topological polar surface area (TPSA) is 78.9 Å². The maximum atomic E-state index is 12.0. The van der Waals surface area contributed by atoms with Crippen molar-refractivity contribution in [3.63, 3.8) is 0 Å². The Morgan fingerprint density at radius 1 is 1.35 bits per heavy atom. The highest BCUT2D eigenvalue weighted by atomic mass is 16.4. The molecule has 120 valence electrons. The first-order valence-corrected chi connectivity index (χ1v) is 7.62. The van der Waals surface area contributed by atoms with Crippen molar-refractivity contribution in [2.75, 3.05) is 0 Å². The van der Waals surface area contributed by atoms with Crippen LogP contribution in [0.4, 0.5) is 0 Å². The van der Waals surface area contributed by atoms with Gasteiger partial charge in [0.05, 0.1) is 18.2 Å². The molecule has 23 heavy (non-hydrogen) atoms. The second kappa shape index (κ2) is 6.66. The highest BCUT2D eigenvalue weighted by molar-refractivity contribution is 5.79. The molecule has 0 aliphatic rings. The molecule has 0 spiro atoms. The van der Waals surface area contributed by atoms with Crippen molar-refractivity contribution >= 4 is 5.91 Å². The number of nitriles is 1. The molecule has 1 N–H and O–H groups in total. The Hall–Kier alpha value is -2.61. The van der Waals surface area contributed by atoms with Crippen LogP contribution in [0.3, 0.4) is 0 Å². The fourth-order valence-corrected chi connectivity index (χ4v) is 2.17. The standard InChI is InChI=1S/C18H21N3O2/c1-5-13-6-8-14(9-7-13)17-20-15(12(2)23-17)10-16(22)21-18(3,4)11-19/h6-9H,5,10H2,1-4H3,(H,21,22). The van der Waals surface area contributed by atoms with Gasteiger partial charge in [-0.15, -0.1) is 0 Å². The molecule has 5 nitrogen and oxygen atoms in total. The number of hydrogen-bond acceptors (Lipinski definition) is 4. The smallest absolute Gasteiger partial charge is 0.227 e. The van der Waals surface area contributed by atoms with Crippen LogP contribution in [0, 0.1) is 18.3 Å². The van der Waals surface area contributed by atoms with Crippen LogP contribution in [0.5, 0.6) is 0 Å². The number of nitrogens with one attached hydrogen (secondary N) is 1. The molecule has 0 unspecified atom stereocenters. The minimum absolute atomic E-state index is 0.0908. The highest BCUT2D eigenvalue weighted by Crippen LogP contribution is 2.22. The van der Waals surface area contributed by atoms with Gasteiger partial charge in [-0.3, -0.25) is 4.79 Å². The zero-order valence-electron chi connectivity index (χ0n) is 13.9. The van der Waals surface area contributed by atoms with E-state index in [0.717, 1.165) is 12.0 Å². The number of carbonyl (C=O) groups excluding carboxylic acids is 1. The molecule has 0 fully saturated rings.